The van der Waals surface area contributed by atoms with Crippen LogP contribution >= 0.6 is 0 Å². The van der Waals surface area contributed by atoms with Gasteiger partial charge < -0.3 is 5.32 Å². The SMILES string of the molecule is CCC(C(=O)Nc1c(C)cccc1C(C)C)N(c1cccc([N+](=O)[O-])c1)S(C)(=O)=O. The highest BCUT2D eigenvalue weighted by Gasteiger charge is 2.33. The first-order valence-corrected chi connectivity index (χ1v) is 11.5. The third kappa shape index (κ3) is 5.15. The minimum Gasteiger partial charge on any atom is -0.324 e. The first kappa shape index (κ1) is 23.3. The Morgan fingerprint density at radius 3 is 2.37 bits per heavy atom. The van der Waals surface area contributed by atoms with Gasteiger partial charge in [-0.05, 0) is 36.5 Å². The van der Waals surface area contributed by atoms with Crippen LogP contribution in [0.3, 0.4) is 0 Å². The van der Waals surface area contributed by atoms with Crippen LogP contribution in [0.25, 0.3) is 0 Å². The third-order valence-corrected chi connectivity index (χ3v) is 5.98. The first-order valence-electron chi connectivity index (χ1n) is 9.61. The molecule has 162 valence electrons. The lowest BCUT2D eigenvalue weighted by molar-refractivity contribution is -0.384. The van der Waals surface area contributed by atoms with Crippen molar-refractivity contribution in [2.75, 3.05) is 15.9 Å². The fourth-order valence-corrected chi connectivity index (χ4v) is 4.56. The summed E-state index contributed by atoms with van der Waals surface area (Å²) in [4.78, 5) is 23.7. The molecule has 1 unspecified atom stereocenters. The summed E-state index contributed by atoms with van der Waals surface area (Å²) >= 11 is 0. The summed E-state index contributed by atoms with van der Waals surface area (Å²) in [6.45, 7) is 7.58. The Bertz CT molecular complexity index is 1050. The van der Waals surface area contributed by atoms with Gasteiger partial charge in [0.15, 0.2) is 0 Å². The van der Waals surface area contributed by atoms with Crippen molar-refractivity contribution in [3.8, 4) is 0 Å². The molecule has 1 atom stereocenters. The Hall–Kier alpha value is -2.94. The maximum atomic E-state index is 13.2. The average molecular weight is 434 g/mol. The molecule has 1 amide bonds. The van der Waals surface area contributed by atoms with Gasteiger partial charge in [-0.25, -0.2) is 8.42 Å². The van der Waals surface area contributed by atoms with E-state index in [0.29, 0.717) is 5.69 Å². The number of nitrogens with one attached hydrogen (secondary N) is 1. The van der Waals surface area contributed by atoms with Crippen molar-refractivity contribution in [2.24, 2.45) is 0 Å². The number of carbonyl (C=O) groups excluding carboxylic acids is 1. The number of sulfonamides is 1. The smallest absolute Gasteiger partial charge is 0.271 e. The predicted molar refractivity (Wildman–Crippen MR) is 118 cm³/mol. The van der Waals surface area contributed by atoms with Crippen LogP contribution in [-0.2, 0) is 14.8 Å². The van der Waals surface area contributed by atoms with Gasteiger partial charge in [0.2, 0.25) is 15.9 Å². The number of nitrogens with zero attached hydrogens (tertiary/aromatic N) is 2. The molecule has 0 aliphatic heterocycles. The summed E-state index contributed by atoms with van der Waals surface area (Å²) in [7, 11) is -3.90. The van der Waals surface area contributed by atoms with Crippen LogP contribution in [0.1, 0.15) is 44.2 Å². The number of aryl methyl sites for hydroxylation is 1. The molecule has 8 nitrogen and oxygen atoms in total. The van der Waals surface area contributed by atoms with Crippen LogP contribution in [0.2, 0.25) is 0 Å². The van der Waals surface area contributed by atoms with Gasteiger partial charge in [0.05, 0.1) is 16.9 Å². The van der Waals surface area contributed by atoms with E-state index < -0.39 is 26.9 Å². The summed E-state index contributed by atoms with van der Waals surface area (Å²) in [6.07, 6.45) is 1.17. The number of hydrogen-bond donors (Lipinski definition) is 1. The second-order valence-corrected chi connectivity index (χ2v) is 9.30. The highest BCUT2D eigenvalue weighted by molar-refractivity contribution is 7.92. The number of carbonyl (C=O) groups is 1. The molecule has 2 aromatic carbocycles. The average Bonchev–Trinajstić information content (AvgIpc) is 2.66. The highest BCUT2D eigenvalue weighted by atomic mass is 32.2. The Morgan fingerprint density at radius 2 is 1.83 bits per heavy atom. The van der Waals surface area contributed by atoms with Crippen LogP contribution in [0.4, 0.5) is 17.1 Å². The molecule has 2 rings (SSSR count). The van der Waals surface area contributed by atoms with Crippen molar-refractivity contribution in [1.82, 2.24) is 0 Å². The van der Waals surface area contributed by atoms with E-state index in [4.69, 9.17) is 0 Å². The maximum Gasteiger partial charge on any atom is 0.271 e. The number of nitro groups is 1. The van der Waals surface area contributed by atoms with Crippen LogP contribution in [0.15, 0.2) is 42.5 Å². The van der Waals surface area contributed by atoms with E-state index in [1.165, 1.54) is 18.2 Å². The van der Waals surface area contributed by atoms with Crippen LogP contribution in [0.5, 0.6) is 0 Å². The summed E-state index contributed by atoms with van der Waals surface area (Å²) in [5, 5.41) is 14.0. The lowest BCUT2D eigenvalue weighted by atomic mass is 9.98. The Morgan fingerprint density at radius 1 is 1.20 bits per heavy atom. The minimum atomic E-state index is -3.90. The maximum absolute atomic E-state index is 13.2. The largest absolute Gasteiger partial charge is 0.324 e. The molecule has 0 aliphatic carbocycles. The Labute approximate surface area is 177 Å². The number of non-ortho nitro benzene ring substituents is 1. The quantitative estimate of drug-likeness (QED) is 0.495. The van der Waals surface area contributed by atoms with Gasteiger partial charge in [-0.15, -0.1) is 0 Å². The van der Waals surface area contributed by atoms with E-state index in [2.05, 4.69) is 5.32 Å². The molecule has 0 radical (unpaired) electrons. The van der Waals surface area contributed by atoms with Gasteiger partial charge in [-0.2, -0.15) is 0 Å². The lowest BCUT2D eigenvalue weighted by Crippen LogP contribution is -2.47. The Kier molecular flexibility index (Phi) is 7.20. The molecule has 2 aromatic rings. The molecular formula is C21H27N3O5S. The predicted octanol–water partition coefficient (Wildman–Crippen LogP) is 4.21. The number of nitro benzene ring substituents is 1. The van der Waals surface area contributed by atoms with E-state index in [1.54, 1.807) is 6.92 Å². The lowest BCUT2D eigenvalue weighted by Gasteiger charge is -2.30. The van der Waals surface area contributed by atoms with E-state index in [1.807, 2.05) is 39.0 Å². The van der Waals surface area contributed by atoms with E-state index in [0.717, 1.165) is 27.8 Å². The molecule has 0 saturated heterocycles. The van der Waals surface area contributed by atoms with Crippen molar-refractivity contribution in [3.05, 3.63) is 63.7 Å². The fraction of sp³-hybridized carbons (Fsp3) is 0.381. The van der Waals surface area contributed by atoms with Crippen molar-refractivity contribution >= 4 is 33.0 Å². The molecule has 0 heterocycles. The van der Waals surface area contributed by atoms with Crippen molar-refractivity contribution in [2.45, 2.75) is 46.1 Å². The molecular weight excluding hydrogens is 406 g/mol. The molecule has 1 N–H and O–H groups in total. The van der Waals surface area contributed by atoms with Gasteiger partial charge in [-0.3, -0.25) is 19.2 Å². The van der Waals surface area contributed by atoms with Crippen molar-refractivity contribution in [1.29, 1.82) is 0 Å². The van der Waals surface area contributed by atoms with E-state index >= 15 is 0 Å². The number of para-hydroxylation sites is 1. The van der Waals surface area contributed by atoms with E-state index in [-0.39, 0.29) is 23.7 Å². The van der Waals surface area contributed by atoms with Crippen molar-refractivity contribution in [3.63, 3.8) is 0 Å². The number of hydrogen-bond acceptors (Lipinski definition) is 5. The minimum absolute atomic E-state index is 0.0718. The van der Waals surface area contributed by atoms with Gasteiger partial charge in [0.1, 0.15) is 6.04 Å². The summed E-state index contributed by atoms with van der Waals surface area (Å²) in [5.41, 5.74) is 2.29. The van der Waals surface area contributed by atoms with Gasteiger partial charge in [0.25, 0.3) is 5.69 Å². The highest BCUT2D eigenvalue weighted by Crippen LogP contribution is 2.30. The monoisotopic (exact) mass is 433 g/mol. The molecule has 0 saturated carbocycles. The standard InChI is InChI=1S/C21H27N3O5S/c1-6-19(21(25)22-20-15(4)9-7-12-18(20)14(2)3)23(30(5,28)29)16-10-8-11-17(13-16)24(26)27/h7-14,19H,6H2,1-5H3,(H,22,25). The van der Waals surface area contributed by atoms with Gasteiger partial charge in [-0.1, -0.05) is 45.0 Å². The van der Waals surface area contributed by atoms with Crippen LogP contribution in [0, 0.1) is 17.0 Å². The summed E-state index contributed by atoms with van der Waals surface area (Å²) in [6, 6.07) is 9.90. The molecule has 0 fully saturated rings. The number of anilines is 2. The second kappa shape index (κ2) is 9.25. The fourth-order valence-electron chi connectivity index (χ4n) is 3.35. The zero-order chi connectivity index (χ0) is 22.6. The van der Waals surface area contributed by atoms with Gasteiger partial charge in [0, 0.05) is 17.8 Å². The Balaban J connectivity index is 2.50. The summed E-state index contributed by atoms with van der Waals surface area (Å²) < 4.78 is 26.1. The van der Waals surface area contributed by atoms with Crippen LogP contribution < -0.4 is 9.62 Å². The summed E-state index contributed by atoms with van der Waals surface area (Å²) in [5.74, 6) is -0.339. The molecule has 30 heavy (non-hydrogen) atoms. The zero-order valence-corrected chi connectivity index (χ0v) is 18.6. The molecule has 9 heteroatoms. The van der Waals surface area contributed by atoms with Gasteiger partial charge >= 0.3 is 0 Å². The third-order valence-electron chi connectivity index (χ3n) is 4.80. The zero-order valence-electron chi connectivity index (χ0n) is 17.7. The molecule has 0 bridgehead atoms. The number of rotatable bonds is 8. The number of amides is 1. The second-order valence-electron chi connectivity index (χ2n) is 7.44. The molecule has 0 aromatic heterocycles. The normalized spacial score (nSPS) is 12.5. The topological polar surface area (TPSA) is 110 Å². The van der Waals surface area contributed by atoms with Crippen molar-refractivity contribution < 1.29 is 18.1 Å². The van der Waals surface area contributed by atoms with E-state index in [9.17, 15) is 23.3 Å². The number of benzene rings is 2. The molecule has 0 aliphatic rings. The first-order chi connectivity index (χ1) is 14.0. The molecule has 0 spiro atoms. The van der Waals surface area contributed by atoms with Crippen LogP contribution in [-0.4, -0.2) is 31.5 Å².